The first kappa shape index (κ1) is 17.6. The zero-order valence-corrected chi connectivity index (χ0v) is 13.9. The van der Waals surface area contributed by atoms with Crippen molar-refractivity contribution in [3.05, 3.63) is 35.9 Å². The quantitative estimate of drug-likeness (QED) is 0.623. The Kier molecular flexibility index (Phi) is 5.16. The zero-order valence-electron chi connectivity index (χ0n) is 12.4. The van der Waals surface area contributed by atoms with Gasteiger partial charge in [-0.2, -0.15) is 0 Å². The maximum absolute atomic E-state index is 11.8. The molecule has 1 atom stereocenters. The van der Waals surface area contributed by atoms with Crippen LogP contribution in [0.15, 0.2) is 30.3 Å². The normalized spacial score (nSPS) is 21.2. The van der Waals surface area contributed by atoms with Crippen LogP contribution in [0, 0.1) is 5.41 Å². The third-order valence-corrected chi connectivity index (χ3v) is 4.69. The van der Waals surface area contributed by atoms with E-state index in [1.54, 1.807) is 6.92 Å². The molecule has 8 heteroatoms. The summed E-state index contributed by atoms with van der Waals surface area (Å²) < 4.78 is 3.67. The van der Waals surface area contributed by atoms with E-state index in [9.17, 15) is 14.4 Å². The molecule has 2 rings (SSSR count). The van der Waals surface area contributed by atoms with Crippen LogP contribution in [0.4, 0.5) is 4.79 Å². The number of hydrogen-bond acceptors (Lipinski definition) is 4. The van der Waals surface area contributed by atoms with E-state index in [0.717, 1.165) is 5.56 Å². The largest absolute Gasteiger partial charge is 0.455 e. The molecule has 0 aromatic heterocycles. The molecule has 1 aromatic carbocycles. The van der Waals surface area contributed by atoms with Crippen LogP contribution in [0.25, 0.3) is 0 Å². The molecule has 0 radical (unpaired) electrons. The molecule has 0 aliphatic heterocycles. The predicted molar refractivity (Wildman–Crippen MR) is 84.9 cm³/mol. The Morgan fingerprint density at radius 3 is 2.39 bits per heavy atom. The van der Waals surface area contributed by atoms with Gasteiger partial charge in [-0.3, -0.25) is 14.9 Å². The van der Waals surface area contributed by atoms with Crippen molar-refractivity contribution in [2.24, 2.45) is 5.41 Å². The molecule has 0 spiro atoms. The van der Waals surface area contributed by atoms with Crippen LogP contribution >= 0.6 is 23.2 Å². The van der Waals surface area contributed by atoms with Gasteiger partial charge in [0.2, 0.25) is 0 Å². The highest BCUT2D eigenvalue weighted by atomic mass is 35.5. The second kappa shape index (κ2) is 6.76. The number of urea groups is 1. The second-order valence-corrected chi connectivity index (χ2v) is 6.99. The molecule has 6 nitrogen and oxygen atoms in total. The summed E-state index contributed by atoms with van der Waals surface area (Å²) in [5, 5.41) is 4.59. The predicted octanol–water partition coefficient (Wildman–Crippen LogP) is 2.14. The smallest absolute Gasteiger partial charge is 0.321 e. The van der Waals surface area contributed by atoms with Gasteiger partial charge in [0.1, 0.15) is 9.75 Å². The molecule has 1 aliphatic rings. The SMILES string of the molecule is CC1(C(=O)OCC(=O)NC(=O)NCc2ccccc2)CC1(Cl)Cl. The summed E-state index contributed by atoms with van der Waals surface area (Å²) in [6.07, 6.45) is 0.265. The van der Waals surface area contributed by atoms with Gasteiger partial charge in [0.05, 0.1) is 0 Å². The first-order chi connectivity index (χ1) is 10.7. The number of alkyl halides is 2. The minimum Gasteiger partial charge on any atom is -0.455 e. The van der Waals surface area contributed by atoms with Gasteiger partial charge in [-0.1, -0.05) is 30.3 Å². The fourth-order valence-electron chi connectivity index (χ4n) is 1.90. The van der Waals surface area contributed by atoms with Gasteiger partial charge in [-0.15, -0.1) is 23.2 Å². The van der Waals surface area contributed by atoms with Crippen LogP contribution in [-0.2, 0) is 20.9 Å². The van der Waals surface area contributed by atoms with E-state index in [1.807, 2.05) is 30.3 Å². The highest BCUT2D eigenvalue weighted by molar-refractivity contribution is 6.53. The van der Waals surface area contributed by atoms with Gasteiger partial charge in [0.15, 0.2) is 6.61 Å². The van der Waals surface area contributed by atoms with Gasteiger partial charge in [0.25, 0.3) is 5.91 Å². The third-order valence-electron chi connectivity index (χ3n) is 3.59. The summed E-state index contributed by atoms with van der Waals surface area (Å²) in [5.74, 6) is -1.40. The Balaban J connectivity index is 1.68. The molecule has 0 heterocycles. The van der Waals surface area contributed by atoms with Crippen LogP contribution in [0.5, 0.6) is 0 Å². The third kappa shape index (κ3) is 4.36. The molecular weight excluding hydrogens is 343 g/mol. The van der Waals surface area contributed by atoms with Crippen molar-refractivity contribution in [3.8, 4) is 0 Å². The van der Waals surface area contributed by atoms with Crippen LogP contribution in [0.2, 0.25) is 0 Å². The first-order valence-corrected chi connectivity index (χ1v) is 7.67. The standard InChI is InChI=1S/C15H16Cl2N2O4/c1-14(9-15(14,16)17)12(21)23-8-11(20)19-13(22)18-7-10-5-3-2-4-6-10/h2-6H,7-9H2,1H3,(H2,18,19,20,22). The van der Waals surface area contributed by atoms with Crippen LogP contribution < -0.4 is 10.6 Å². The lowest BCUT2D eigenvalue weighted by Gasteiger charge is -2.11. The van der Waals surface area contributed by atoms with Crippen molar-refractivity contribution >= 4 is 41.1 Å². The summed E-state index contributed by atoms with van der Waals surface area (Å²) in [7, 11) is 0. The van der Waals surface area contributed by atoms with Gasteiger partial charge >= 0.3 is 12.0 Å². The number of benzene rings is 1. The molecular formula is C15H16Cl2N2O4. The maximum Gasteiger partial charge on any atom is 0.321 e. The summed E-state index contributed by atoms with van der Waals surface area (Å²) in [6.45, 7) is 1.26. The Hall–Kier alpha value is -1.79. The van der Waals surface area contributed by atoms with Crippen LogP contribution in [0.1, 0.15) is 18.9 Å². The number of nitrogens with one attached hydrogen (secondary N) is 2. The van der Waals surface area contributed by atoms with E-state index in [4.69, 9.17) is 27.9 Å². The van der Waals surface area contributed by atoms with E-state index in [0.29, 0.717) is 0 Å². The van der Waals surface area contributed by atoms with Gasteiger partial charge < -0.3 is 10.1 Å². The molecule has 1 aliphatic carbocycles. The van der Waals surface area contributed by atoms with Crippen molar-refractivity contribution in [1.29, 1.82) is 0 Å². The van der Waals surface area contributed by atoms with Gasteiger partial charge in [-0.25, -0.2) is 4.79 Å². The summed E-state index contributed by atoms with van der Waals surface area (Å²) in [4.78, 5) is 34.9. The Bertz CT molecular complexity index is 621. The molecule has 1 saturated carbocycles. The molecule has 3 amide bonds. The molecule has 1 unspecified atom stereocenters. The molecule has 124 valence electrons. The van der Waals surface area contributed by atoms with E-state index < -0.39 is 34.3 Å². The van der Waals surface area contributed by atoms with E-state index in [1.165, 1.54) is 0 Å². The summed E-state index contributed by atoms with van der Waals surface area (Å²) in [5.41, 5.74) is -0.116. The zero-order chi connectivity index (χ0) is 17.1. The lowest BCUT2D eigenvalue weighted by Crippen LogP contribution is -2.41. The minimum absolute atomic E-state index is 0.265. The Labute approximate surface area is 143 Å². The van der Waals surface area contributed by atoms with Gasteiger partial charge in [0, 0.05) is 13.0 Å². The van der Waals surface area contributed by atoms with Crippen molar-refractivity contribution in [2.45, 2.75) is 24.2 Å². The van der Waals surface area contributed by atoms with E-state index in [2.05, 4.69) is 10.6 Å². The van der Waals surface area contributed by atoms with E-state index in [-0.39, 0.29) is 13.0 Å². The minimum atomic E-state index is -1.16. The van der Waals surface area contributed by atoms with Gasteiger partial charge in [-0.05, 0) is 12.5 Å². The second-order valence-electron chi connectivity index (χ2n) is 5.51. The fraction of sp³-hybridized carbons (Fsp3) is 0.400. The molecule has 2 N–H and O–H groups in total. The van der Waals surface area contributed by atoms with Crippen LogP contribution in [-0.4, -0.2) is 28.8 Å². The molecule has 0 bridgehead atoms. The summed E-state index contributed by atoms with van der Waals surface area (Å²) >= 11 is 11.7. The van der Waals surface area contributed by atoms with Crippen molar-refractivity contribution in [2.75, 3.05) is 6.61 Å². The molecule has 1 aromatic rings. The van der Waals surface area contributed by atoms with Crippen LogP contribution in [0.3, 0.4) is 0 Å². The Morgan fingerprint density at radius 1 is 1.22 bits per heavy atom. The molecule has 1 fully saturated rings. The average molecular weight is 359 g/mol. The Morgan fingerprint density at radius 2 is 1.83 bits per heavy atom. The molecule has 0 saturated heterocycles. The number of halogens is 2. The topological polar surface area (TPSA) is 84.5 Å². The number of hydrogen-bond donors (Lipinski definition) is 2. The highest BCUT2D eigenvalue weighted by Crippen LogP contribution is 2.64. The number of carbonyl (C=O) groups excluding carboxylic acids is 3. The number of carbonyl (C=O) groups is 3. The van der Waals surface area contributed by atoms with Crippen molar-refractivity contribution in [3.63, 3.8) is 0 Å². The lowest BCUT2D eigenvalue weighted by molar-refractivity contribution is -0.153. The summed E-state index contributed by atoms with van der Waals surface area (Å²) in [6, 6.07) is 8.54. The number of imide groups is 1. The first-order valence-electron chi connectivity index (χ1n) is 6.91. The fourth-order valence-corrected chi connectivity index (χ4v) is 2.59. The number of ether oxygens (including phenoxy) is 1. The van der Waals surface area contributed by atoms with Crippen molar-refractivity contribution in [1.82, 2.24) is 10.6 Å². The number of amides is 3. The highest BCUT2D eigenvalue weighted by Gasteiger charge is 2.69. The lowest BCUT2D eigenvalue weighted by atomic mass is 10.1. The van der Waals surface area contributed by atoms with E-state index >= 15 is 0 Å². The number of rotatable bonds is 5. The van der Waals surface area contributed by atoms with Crippen molar-refractivity contribution < 1.29 is 19.1 Å². The average Bonchev–Trinajstić information content (AvgIpc) is 3.03. The number of esters is 1. The maximum atomic E-state index is 11.8. The monoisotopic (exact) mass is 358 g/mol. The molecule has 23 heavy (non-hydrogen) atoms.